The fourth-order valence-electron chi connectivity index (χ4n) is 3.29. The van der Waals surface area contributed by atoms with E-state index < -0.39 is 28.9 Å². The maximum atomic E-state index is 12.8. The summed E-state index contributed by atoms with van der Waals surface area (Å²) in [4.78, 5) is 24.6. The minimum atomic E-state index is -1.55. The smallest absolute Gasteiger partial charge is 0.330 e. The number of aliphatic hydroxyl groups excluding tert-OH is 1. The number of aromatic nitrogens is 2. The minimum Gasteiger partial charge on any atom is -0.480 e. The molecule has 1 heterocycles. The molecule has 1 saturated carbocycles. The Bertz CT molecular complexity index is 846. The number of aliphatic carboxylic acids is 1. The van der Waals surface area contributed by atoms with Crippen LogP contribution in [0, 0.1) is 5.41 Å². The molecule has 0 radical (unpaired) electrons. The summed E-state index contributed by atoms with van der Waals surface area (Å²) in [6.45, 7) is 3.22. The molecule has 0 bridgehead atoms. The molecule has 1 aromatic heterocycles. The highest BCUT2D eigenvalue weighted by Gasteiger charge is 2.65. The van der Waals surface area contributed by atoms with E-state index in [0.29, 0.717) is 5.69 Å². The molecule has 138 valence electrons. The Morgan fingerprint density at radius 2 is 1.96 bits per heavy atom. The maximum absolute atomic E-state index is 12.8. The number of hydrogen-bond acceptors (Lipinski definition) is 5. The van der Waals surface area contributed by atoms with Crippen LogP contribution in [-0.2, 0) is 4.79 Å². The van der Waals surface area contributed by atoms with E-state index >= 15 is 0 Å². The number of nitrogens with one attached hydrogen (secondary N) is 1. The molecule has 8 heteroatoms. The van der Waals surface area contributed by atoms with Gasteiger partial charge in [-0.2, -0.15) is 5.10 Å². The molecule has 1 aliphatic carbocycles. The molecule has 1 aliphatic rings. The molecule has 1 aromatic carbocycles. The second kappa shape index (κ2) is 6.14. The van der Waals surface area contributed by atoms with Crippen LogP contribution in [0.25, 0.3) is 5.69 Å². The highest BCUT2D eigenvalue weighted by Crippen LogP contribution is 2.50. The number of carboxylic acids is 1. The molecule has 1 amide bonds. The summed E-state index contributed by atoms with van der Waals surface area (Å²) in [5.74, 6) is -1.60. The van der Waals surface area contributed by atoms with Gasteiger partial charge in [0.2, 0.25) is 5.88 Å². The number of ether oxygens (including phenoxy) is 1. The van der Waals surface area contributed by atoms with Crippen molar-refractivity contribution in [1.82, 2.24) is 15.1 Å². The van der Waals surface area contributed by atoms with Crippen LogP contribution in [0.3, 0.4) is 0 Å². The normalized spacial score (nSPS) is 23.8. The minimum absolute atomic E-state index is 0.0593. The Labute approximate surface area is 150 Å². The lowest BCUT2D eigenvalue weighted by Gasteiger charge is -2.56. The quantitative estimate of drug-likeness (QED) is 0.740. The topological polar surface area (TPSA) is 114 Å². The summed E-state index contributed by atoms with van der Waals surface area (Å²) in [5, 5.41) is 26.4. The Morgan fingerprint density at radius 3 is 2.46 bits per heavy atom. The van der Waals surface area contributed by atoms with E-state index in [9.17, 15) is 19.8 Å². The zero-order valence-corrected chi connectivity index (χ0v) is 14.8. The van der Waals surface area contributed by atoms with Gasteiger partial charge in [0, 0.05) is 11.8 Å². The van der Waals surface area contributed by atoms with Crippen LogP contribution in [0.2, 0.25) is 0 Å². The summed E-state index contributed by atoms with van der Waals surface area (Å²) < 4.78 is 6.80. The van der Waals surface area contributed by atoms with Gasteiger partial charge < -0.3 is 20.3 Å². The zero-order chi connectivity index (χ0) is 19.1. The number of carboxylic acid groups (broad SMARTS) is 1. The van der Waals surface area contributed by atoms with Crippen molar-refractivity contribution in [3.05, 3.63) is 42.1 Å². The van der Waals surface area contributed by atoms with Gasteiger partial charge in [0.25, 0.3) is 5.91 Å². The number of rotatable bonds is 5. The van der Waals surface area contributed by atoms with Crippen LogP contribution in [0.5, 0.6) is 5.88 Å². The number of aliphatic hydroxyl groups is 1. The number of hydrogen-bond donors (Lipinski definition) is 3. The van der Waals surface area contributed by atoms with Crippen LogP contribution in [-0.4, -0.2) is 50.6 Å². The van der Waals surface area contributed by atoms with E-state index in [1.54, 1.807) is 26.0 Å². The third kappa shape index (κ3) is 2.45. The summed E-state index contributed by atoms with van der Waals surface area (Å²) in [7, 11) is 1.41. The van der Waals surface area contributed by atoms with Gasteiger partial charge in [0.1, 0.15) is 11.1 Å². The van der Waals surface area contributed by atoms with Crippen molar-refractivity contribution in [3.63, 3.8) is 0 Å². The van der Waals surface area contributed by atoms with Gasteiger partial charge in [0.05, 0.1) is 25.1 Å². The predicted octanol–water partition coefficient (Wildman–Crippen LogP) is 1.22. The first-order valence-electron chi connectivity index (χ1n) is 8.16. The van der Waals surface area contributed by atoms with Crippen LogP contribution in [0.4, 0.5) is 0 Å². The first-order valence-corrected chi connectivity index (χ1v) is 8.16. The molecule has 8 nitrogen and oxygen atoms in total. The molecule has 3 rings (SSSR count). The summed E-state index contributed by atoms with van der Waals surface area (Å²) in [6, 6.07) is 9.12. The van der Waals surface area contributed by atoms with E-state index in [0.717, 1.165) is 0 Å². The van der Waals surface area contributed by atoms with Gasteiger partial charge in [0.15, 0.2) is 0 Å². The molecule has 2 aromatic rings. The summed E-state index contributed by atoms with van der Waals surface area (Å²) in [5.41, 5.74) is -1.73. The van der Waals surface area contributed by atoms with Gasteiger partial charge >= 0.3 is 5.97 Å². The van der Waals surface area contributed by atoms with E-state index in [1.807, 2.05) is 18.2 Å². The zero-order valence-electron chi connectivity index (χ0n) is 14.8. The van der Waals surface area contributed by atoms with E-state index in [4.69, 9.17) is 4.74 Å². The molecule has 2 atom stereocenters. The summed E-state index contributed by atoms with van der Waals surface area (Å²) in [6.07, 6.45) is 0.461. The second-order valence-electron chi connectivity index (χ2n) is 6.92. The predicted molar refractivity (Wildman–Crippen MR) is 92.4 cm³/mol. The SMILES string of the molecule is COc1c(C(=O)N[C@]2(C(=O)O)C[C@H](O)C2(C)C)cnn1-c1ccccc1. The summed E-state index contributed by atoms with van der Waals surface area (Å²) >= 11 is 0. The first kappa shape index (κ1) is 17.9. The highest BCUT2D eigenvalue weighted by atomic mass is 16.5. The maximum Gasteiger partial charge on any atom is 0.330 e. The lowest BCUT2D eigenvalue weighted by molar-refractivity contribution is -0.180. The lowest BCUT2D eigenvalue weighted by Crippen LogP contribution is -2.75. The van der Waals surface area contributed by atoms with Crippen LogP contribution < -0.4 is 10.1 Å². The monoisotopic (exact) mass is 359 g/mol. The standard InChI is InChI=1S/C18H21N3O5/c1-17(2)13(22)9-18(17,16(24)25)20-14(23)12-10-19-21(15(12)26-3)11-7-5-4-6-8-11/h4-8,10,13,22H,9H2,1-3H3,(H,20,23)(H,24,25)/t13-,18-/m0/s1. The number of carbonyl (C=O) groups is 2. The number of benzene rings is 1. The van der Waals surface area contributed by atoms with Gasteiger partial charge in [-0.05, 0) is 12.1 Å². The molecule has 1 fully saturated rings. The largest absolute Gasteiger partial charge is 0.480 e. The Hall–Kier alpha value is -2.87. The molecule has 0 aliphatic heterocycles. The first-order chi connectivity index (χ1) is 12.2. The fourth-order valence-corrected chi connectivity index (χ4v) is 3.29. The average Bonchev–Trinajstić information content (AvgIpc) is 3.05. The molecule has 26 heavy (non-hydrogen) atoms. The van der Waals surface area contributed by atoms with Crippen molar-refractivity contribution >= 4 is 11.9 Å². The third-order valence-corrected chi connectivity index (χ3v) is 5.29. The van der Waals surface area contributed by atoms with E-state index in [2.05, 4.69) is 10.4 Å². The van der Waals surface area contributed by atoms with Crippen LogP contribution in [0.1, 0.15) is 30.6 Å². The van der Waals surface area contributed by atoms with Crippen molar-refractivity contribution in [2.45, 2.75) is 31.9 Å². The number of nitrogens with zero attached hydrogens (tertiary/aromatic N) is 2. The molecule has 3 N–H and O–H groups in total. The molecule has 0 spiro atoms. The van der Waals surface area contributed by atoms with E-state index in [1.165, 1.54) is 18.0 Å². The number of amides is 1. The molecular weight excluding hydrogens is 338 g/mol. The van der Waals surface area contributed by atoms with Gasteiger partial charge in [-0.25, -0.2) is 9.48 Å². The molecule has 0 saturated heterocycles. The third-order valence-electron chi connectivity index (χ3n) is 5.29. The van der Waals surface area contributed by atoms with Crippen molar-refractivity contribution in [3.8, 4) is 11.6 Å². The molecular formula is C18H21N3O5. The van der Waals surface area contributed by atoms with E-state index in [-0.39, 0.29) is 17.9 Å². The highest BCUT2D eigenvalue weighted by molar-refractivity contribution is 6.00. The Morgan fingerprint density at radius 1 is 1.31 bits per heavy atom. The van der Waals surface area contributed by atoms with Crippen LogP contribution >= 0.6 is 0 Å². The number of para-hydroxylation sites is 1. The van der Waals surface area contributed by atoms with Crippen molar-refractivity contribution in [1.29, 1.82) is 0 Å². The Balaban J connectivity index is 1.94. The second-order valence-corrected chi connectivity index (χ2v) is 6.92. The van der Waals surface area contributed by atoms with Gasteiger partial charge in [-0.3, -0.25) is 4.79 Å². The molecule has 0 unspecified atom stereocenters. The van der Waals surface area contributed by atoms with Crippen molar-refractivity contribution < 1.29 is 24.5 Å². The average molecular weight is 359 g/mol. The fraction of sp³-hybridized carbons (Fsp3) is 0.389. The number of carbonyl (C=O) groups excluding carboxylic acids is 1. The number of methoxy groups -OCH3 is 1. The lowest BCUT2D eigenvalue weighted by atomic mass is 9.54. The van der Waals surface area contributed by atoms with Crippen molar-refractivity contribution in [2.24, 2.45) is 5.41 Å². The van der Waals surface area contributed by atoms with Gasteiger partial charge in [-0.15, -0.1) is 0 Å². The Kier molecular flexibility index (Phi) is 4.23. The van der Waals surface area contributed by atoms with Crippen LogP contribution in [0.15, 0.2) is 36.5 Å². The van der Waals surface area contributed by atoms with Crippen molar-refractivity contribution in [2.75, 3.05) is 7.11 Å². The van der Waals surface area contributed by atoms with Gasteiger partial charge in [-0.1, -0.05) is 32.0 Å².